The number of azo groups is 1. The molecule has 0 amide bonds. The molecule has 10 heavy (non-hydrogen) atoms. The second-order valence-electron chi connectivity index (χ2n) is 2.22. The molecule has 0 bridgehead atoms. The predicted molar refractivity (Wildman–Crippen MR) is 35.9 cm³/mol. The fraction of sp³-hybridized carbons (Fsp3) is 0.400. The molecule has 1 aliphatic rings. The Bertz CT molecular complexity index is 286. The van der Waals surface area contributed by atoms with Gasteiger partial charge in [-0.25, -0.2) is 4.68 Å². The maximum Gasteiger partial charge on any atom is 0.198 e. The first kappa shape index (κ1) is 5.40. The van der Waals surface area contributed by atoms with Gasteiger partial charge in [0.25, 0.3) is 0 Å². The van der Waals surface area contributed by atoms with Gasteiger partial charge in [0.1, 0.15) is 0 Å². The summed E-state index contributed by atoms with van der Waals surface area (Å²) in [5.41, 5.74) is 6.11. The van der Waals surface area contributed by atoms with Gasteiger partial charge in [-0.3, -0.25) is 0 Å². The van der Waals surface area contributed by atoms with Gasteiger partial charge in [0, 0.05) is 0 Å². The van der Waals surface area contributed by atoms with Crippen LogP contribution >= 0.6 is 0 Å². The Hall–Kier alpha value is -1.39. The Labute approximate surface area is 57.5 Å². The van der Waals surface area contributed by atoms with Crippen LogP contribution in [0.2, 0.25) is 0 Å². The van der Waals surface area contributed by atoms with Gasteiger partial charge >= 0.3 is 0 Å². The van der Waals surface area contributed by atoms with E-state index in [2.05, 4.69) is 15.3 Å². The summed E-state index contributed by atoms with van der Waals surface area (Å²) in [5.74, 6) is 0.674. The van der Waals surface area contributed by atoms with E-state index in [0.29, 0.717) is 11.5 Å². The maximum absolute atomic E-state index is 5.52. The van der Waals surface area contributed by atoms with E-state index in [1.165, 1.54) is 0 Å². The third-order valence-corrected chi connectivity index (χ3v) is 1.47. The van der Waals surface area contributed by atoms with Gasteiger partial charge in [-0.05, 0) is 6.92 Å². The standard InChI is InChI=1S/C5H7N5/c1-3-8-9-5-4(6)2-7-10(3)5/h2-3H,6H2,1H3. The minimum atomic E-state index is 0.00676. The molecule has 0 aliphatic carbocycles. The van der Waals surface area contributed by atoms with Gasteiger partial charge in [0.2, 0.25) is 0 Å². The molecule has 0 saturated heterocycles. The van der Waals surface area contributed by atoms with E-state index in [-0.39, 0.29) is 6.17 Å². The van der Waals surface area contributed by atoms with Crippen LogP contribution in [0.4, 0.5) is 11.5 Å². The number of nitrogens with two attached hydrogens (primary N) is 1. The van der Waals surface area contributed by atoms with Crippen LogP contribution in [-0.2, 0) is 0 Å². The summed E-state index contributed by atoms with van der Waals surface area (Å²) in [5, 5.41) is 11.7. The number of hydrogen-bond acceptors (Lipinski definition) is 4. The van der Waals surface area contributed by atoms with Crippen molar-refractivity contribution in [2.24, 2.45) is 10.2 Å². The lowest BCUT2D eigenvalue weighted by Gasteiger charge is -1.96. The summed E-state index contributed by atoms with van der Waals surface area (Å²) in [6.07, 6.45) is 1.59. The van der Waals surface area contributed by atoms with Crippen LogP contribution < -0.4 is 5.73 Å². The lowest BCUT2D eigenvalue weighted by molar-refractivity contribution is 0.538. The molecular weight excluding hydrogens is 130 g/mol. The average Bonchev–Trinajstić information content (AvgIpc) is 2.41. The Balaban J connectivity index is 2.62. The van der Waals surface area contributed by atoms with Crippen LogP contribution in [0.25, 0.3) is 0 Å². The zero-order valence-corrected chi connectivity index (χ0v) is 5.52. The van der Waals surface area contributed by atoms with E-state index in [9.17, 15) is 0 Å². The van der Waals surface area contributed by atoms with Crippen LogP contribution in [0.3, 0.4) is 0 Å². The molecule has 5 heteroatoms. The summed E-state index contributed by atoms with van der Waals surface area (Å²) in [6.45, 7) is 1.91. The Morgan fingerprint density at radius 1 is 1.70 bits per heavy atom. The van der Waals surface area contributed by atoms with Crippen molar-refractivity contribution in [3.05, 3.63) is 6.20 Å². The maximum atomic E-state index is 5.52. The number of nitrogen functional groups attached to an aromatic ring is 1. The SMILES string of the molecule is CC1N=Nc2c(N)cnn21. The van der Waals surface area contributed by atoms with E-state index in [1.807, 2.05) is 6.92 Å². The molecular formula is C5H7N5. The zero-order chi connectivity index (χ0) is 7.14. The summed E-state index contributed by atoms with van der Waals surface area (Å²) >= 11 is 0. The molecule has 0 saturated carbocycles. The van der Waals surface area contributed by atoms with Crippen molar-refractivity contribution in [3.8, 4) is 0 Å². The van der Waals surface area contributed by atoms with Crippen LogP contribution in [0, 0.1) is 0 Å². The predicted octanol–water partition coefficient (Wildman–Crippen LogP) is 1.08. The van der Waals surface area contributed by atoms with Crippen molar-refractivity contribution in [1.82, 2.24) is 9.78 Å². The lowest BCUT2D eigenvalue weighted by Crippen LogP contribution is -1.97. The van der Waals surface area contributed by atoms with E-state index in [1.54, 1.807) is 10.9 Å². The molecule has 1 atom stereocenters. The smallest absolute Gasteiger partial charge is 0.198 e. The number of aromatic nitrogens is 2. The molecule has 2 heterocycles. The van der Waals surface area contributed by atoms with E-state index >= 15 is 0 Å². The first-order chi connectivity index (χ1) is 4.79. The zero-order valence-electron chi connectivity index (χ0n) is 5.52. The second kappa shape index (κ2) is 1.56. The van der Waals surface area contributed by atoms with Crippen molar-refractivity contribution >= 4 is 11.5 Å². The fourth-order valence-electron chi connectivity index (χ4n) is 0.933. The second-order valence-corrected chi connectivity index (χ2v) is 2.22. The summed E-state index contributed by atoms with van der Waals surface area (Å²) in [6, 6.07) is 0. The molecule has 0 spiro atoms. The van der Waals surface area contributed by atoms with Crippen molar-refractivity contribution in [2.75, 3.05) is 5.73 Å². The van der Waals surface area contributed by atoms with Gasteiger partial charge in [-0.1, -0.05) is 0 Å². The molecule has 2 N–H and O–H groups in total. The molecule has 0 aromatic carbocycles. The molecule has 1 aliphatic heterocycles. The molecule has 0 radical (unpaired) electrons. The number of fused-ring (bicyclic) bond motifs is 1. The van der Waals surface area contributed by atoms with Crippen molar-refractivity contribution < 1.29 is 0 Å². The van der Waals surface area contributed by atoms with Crippen molar-refractivity contribution in [2.45, 2.75) is 13.1 Å². The van der Waals surface area contributed by atoms with Crippen LogP contribution in [0.1, 0.15) is 13.1 Å². The highest BCUT2D eigenvalue weighted by Gasteiger charge is 2.17. The fourth-order valence-corrected chi connectivity index (χ4v) is 0.933. The molecule has 1 aromatic rings. The van der Waals surface area contributed by atoms with Crippen molar-refractivity contribution in [1.29, 1.82) is 0 Å². The summed E-state index contributed by atoms with van der Waals surface area (Å²) in [4.78, 5) is 0. The minimum Gasteiger partial charge on any atom is -0.394 e. The average molecular weight is 137 g/mol. The van der Waals surface area contributed by atoms with Crippen LogP contribution in [0.5, 0.6) is 0 Å². The molecule has 2 rings (SSSR count). The topological polar surface area (TPSA) is 68.6 Å². The molecule has 5 nitrogen and oxygen atoms in total. The van der Waals surface area contributed by atoms with E-state index in [0.717, 1.165) is 0 Å². The highest BCUT2D eigenvalue weighted by atomic mass is 15.5. The molecule has 1 unspecified atom stereocenters. The van der Waals surface area contributed by atoms with E-state index in [4.69, 9.17) is 5.73 Å². The third kappa shape index (κ3) is 0.490. The monoisotopic (exact) mass is 137 g/mol. The normalized spacial score (nSPS) is 21.5. The molecule has 52 valence electrons. The molecule has 1 aromatic heterocycles. The first-order valence-electron chi connectivity index (χ1n) is 3.03. The van der Waals surface area contributed by atoms with Gasteiger partial charge in [0.15, 0.2) is 12.0 Å². The Morgan fingerprint density at radius 3 is 3.20 bits per heavy atom. The van der Waals surface area contributed by atoms with Gasteiger partial charge in [0.05, 0.1) is 11.9 Å². The first-order valence-corrected chi connectivity index (χ1v) is 3.03. The summed E-state index contributed by atoms with van der Waals surface area (Å²) in [7, 11) is 0. The highest BCUT2D eigenvalue weighted by molar-refractivity contribution is 5.57. The minimum absolute atomic E-state index is 0.00676. The van der Waals surface area contributed by atoms with Gasteiger partial charge < -0.3 is 5.73 Å². The lowest BCUT2D eigenvalue weighted by atomic mass is 10.5. The van der Waals surface area contributed by atoms with Crippen LogP contribution in [-0.4, -0.2) is 9.78 Å². The van der Waals surface area contributed by atoms with E-state index < -0.39 is 0 Å². The molecule has 0 fully saturated rings. The number of nitrogens with zero attached hydrogens (tertiary/aromatic N) is 4. The highest BCUT2D eigenvalue weighted by Crippen LogP contribution is 2.31. The van der Waals surface area contributed by atoms with Gasteiger partial charge in [-0.2, -0.15) is 10.2 Å². The number of rotatable bonds is 0. The number of anilines is 1. The Morgan fingerprint density at radius 2 is 2.50 bits per heavy atom. The van der Waals surface area contributed by atoms with Crippen molar-refractivity contribution in [3.63, 3.8) is 0 Å². The quantitative estimate of drug-likeness (QED) is 0.581. The van der Waals surface area contributed by atoms with Crippen LogP contribution in [0.15, 0.2) is 16.4 Å². The van der Waals surface area contributed by atoms with Gasteiger partial charge in [-0.15, -0.1) is 5.11 Å². The Kier molecular flexibility index (Phi) is 0.841. The third-order valence-electron chi connectivity index (χ3n) is 1.47. The largest absolute Gasteiger partial charge is 0.394 e. The number of hydrogen-bond donors (Lipinski definition) is 1. The summed E-state index contributed by atoms with van der Waals surface area (Å²) < 4.78 is 1.69.